The lowest BCUT2D eigenvalue weighted by atomic mass is 10.0. The SMILES string of the molecule is CCCOc1ccc(C(F)(F)F)cc1NC(=O)NCC(C(C)C)N1CCN(C)CC1. The zero-order valence-corrected chi connectivity index (χ0v) is 18.2. The van der Waals surface area contributed by atoms with Gasteiger partial charge in [0.05, 0.1) is 17.9 Å². The number of anilines is 1. The van der Waals surface area contributed by atoms with Crippen LogP contribution in [0.2, 0.25) is 0 Å². The third kappa shape index (κ3) is 7.05. The zero-order chi connectivity index (χ0) is 22.3. The zero-order valence-electron chi connectivity index (χ0n) is 18.2. The predicted octanol–water partition coefficient (Wildman–Crippen LogP) is 3.89. The van der Waals surface area contributed by atoms with E-state index in [2.05, 4.69) is 41.3 Å². The number of nitrogens with zero attached hydrogens (tertiary/aromatic N) is 2. The summed E-state index contributed by atoms with van der Waals surface area (Å²) in [6.45, 7) is 10.6. The van der Waals surface area contributed by atoms with E-state index >= 15 is 0 Å². The molecule has 1 atom stereocenters. The number of alkyl halides is 3. The van der Waals surface area contributed by atoms with E-state index < -0.39 is 17.8 Å². The van der Waals surface area contributed by atoms with Crippen molar-refractivity contribution in [1.82, 2.24) is 15.1 Å². The molecule has 2 amide bonds. The van der Waals surface area contributed by atoms with Gasteiger partial charge in [-0.05, 0) is 37.6 Å². The van der Waals surface area contributed by atoms with Crippen LogP contribution in [0.5, 0.6) is 5.75 Å². The van der Waals surface area contributed by atoms with Crippen molar-refractivity contribution in [2.75, 3.05) is 51.7 Å². The van der Waals surface area contributed by atoms with Gasteiger partial charge in [-0.15, -0.1) is 0 Å². The van der Waals surface area contributed by atoms with Crippen molar-refractivity contribution < 1.29 is 22.7 Å². The molecule has 1 heterocycles. The Balaban J connectivity index is 2.04. The summed E-state index contributed by atoms with van der Waals surface area (Å²) < 4.78 is 44.8. The second-order valence-corrected chi connectivity index (χ2v) is 8.04. The maximum absolute atomic E-state index is 13.1. The van der Waals surface area contributed by atoms with Gasteiger partial charge < -0.3 is 20.3 Å². The highest BCUT2D eigenvalue weighted by Gasteiger charge is 2.31. The van der Waals surface area contributed by atoms with Gasteiger partial charge in [-0.1, -0.05) is 20.8 Å². The lowest BCUT2D eigenvalue weighted by Gasteiger charge is -2.39. The standard InChI is InChI=1S/C21H33F3N4O2/c1-5-12-30-19-7-6-16(21(22,23)24)13-17(19)26-20(29)25-14-18(15(2)3)28-10-8-27(4)9-11-28/h6-7,13,15,18H,5,8-12,14H2,1-4H3,(H2,25,26,29). The van der Waals surface area contributed by atoms with Crippen molar-refractivity contribution in [2.24, 2.45) is 5.92 Å². The van der Waals surface area contributed by atoms with E-state index in [4.69, 9.17) is 4.74 Å². The highest BCUT2D eigenvalue weighted by Crippen LogP contribution is 2.35. The Morgan fingerprint density at radius 2 is 1.87 bits per heavy atom. The monoisotopic (exact) mass is 430 g/mol. The summed E-state index contributed by atoms with van der Waals surface area (Å²) in [7, 11) is 2.08. The first-order valence-corrected chi connectivity index (χ1v) is 10.4. The predicted molar refractivity (Wildman–Crippen MR) is 112 cm³/mol. The quantitative estimate of drug-likeness (QED) is 0.657. The van der Waals surface area contributed by atoms with E-state index in [0.29, 0.717) is 25.5 Å². The number of halogens is 3. The average molecular weight is 431 g/mol. The van der Waals surface area contributed by atoms with Crippen LogP contribution in [0.1, 0.15) is 32.8 Å². The summed E-state index contributed by atoms with van der Waals surface area (Å²) in [6, 6.07) is 2.72. The highest BCUT2D eigenvalue weighted by atomic mass is 19.4. The minimum absolute atomic E-state index is 0.0106. The molecule has 1 aromatic carbocycles. The van der Waals surface area contributed by atoms with Crippen LogP contribution in [0.15, 0.2) is 18.2 Å². The minimum atomic E-state index is -4.50. The summed E-state index contributed by atoms with van der Waals surface area (Å²) >= 11 is 0. The summed E-state index contributed by atoms with van der Waals surface area (Å²) in [5, 5.41) is 5.35. The van der Waals surface area contributed by atoms with Crippen molar-refractivity contribution >= 4 is 11.7 Å². The molecule has 0 radical (unpaired) electrons. The number of rotatable bonds is 8. The van der Waals surface area contributed by atoms with Gasteiger partial charge in [0.25, 0.3) is 0 Å². The Hall–Kier alpha value is -2.00. The molecule has 0 saturated carbocycles. The number of likely N-dealkylation sites (N-methyl/N-ethyl adjacent to an activating group) is 1. The van der Waals surface area contributed by atoms with Crippen LogP contribution in [0, 0.1) is 5.92 Å². The van der Waals surface area contributed by atoms with Crippen molar-refractivity contribution in [3.8, 4) is 5.75 Å². The summed E-state index contributed by atoms with van der Waals surface area (Å²) in [4.78, 5) is 17.1. The maximum atomic E-state index is 13.1. The molecule has 1 aromatic rings. The lowest BCUT2D eigenvalue weighted by molar-refractivity contribution is -0.137. The van der Waals surface area contributed by atoms with Crippen LogP contribution >= 0.6 is 0 Å². The molecule has 0 aliphatic carbocycles. The first-order chi connectivity index (χ1) is 14.1. The van der Waals surface area contributed by atoms with Crippen LogP contribution in [-0.4, -0.2) is 68.3 Å². The van der Waals surface area contributed by atoms with Crippen molar-refractivity contribution in [1.29, 1.82) is 0 Å². The Kier molecular flexibility index (Phi) is 8.78. The normalized spacial score (nSPS) is 17.1. The summed E-state index contributed by atoms with van der Waals surface area (Å²) in [5.74, 6) is 0.546. The minimum Gasteiger partial charge on any atom is -0.491 e. The van der Waals surface area contributed by atoms with Gasteiger partial charge in [-0.3, -0.25) is 4.90 Å². The van der Waals surface area contributed by atoms with Gasteiger partial charge in [0.2, 0.25) is 0 Å². The second kappa shape index (κ2) is 10.9. The van der Waals surface area contributed by atoms with Gasteiger partial charge in [0.15, 0.2) is 0 Å². The van der Waals surface area contributed by atoms with Gasteiger partial charge in [-0.2, -0.15) is 13.2 Å². The topological polar surface area (TPSA) is 56.8 Å². The molecule has 1 aliphatic heterocycles. The number of hydrogen-bond donors (Lipinski definition) is 2. The number of ether oxygens (including phenoxy) is 1. The highest BCUT2D eigenvalue weighted by molar-refractivity contribution is 5.91. The number of carbonyl (C=O) groups excluding carboxylic acids is 1. The third-order valence-corrected chi connectivity index (χ3v) is 5.26. The third-order valence-electron chi connectivity index (χ3n) is 5.26. The number of carbonyl (C=O) groups is 1. The number of urea groups is 1. The molecular formula is C21H33F3N4O2. The molecule has 6 nitrogen and oxygen atoms in total. The summed E-state index contributed by atoms with van der Waals surface area (Å²) in [6.07, 6.45) is -3.80. The number of piperazine rings is 1. The Morgan fingerprint density at radius 3 is 2.43 bits per heavy atom. The van der Waals surface area contributed by atoms with Gasteiger partial charge >= 0.3 is 12.2 Å². The molecule has 1 saturated heterocycles. The van der Waals surface area contributed by atoms with E-state index in [0.717, 1.165) is 38.3 Å². The largest absolute Gasteiger partial charge is 0.491 e. The number of hydrogen-bond acceptors (Lipinski definition) is 4. The summed E-state index contributed by atoms with van der Waals surface area (Å²) in [5.41, 5.74) is -0.824. The number of amides is 2. The van der Waals surface area contributed by atoms with E-state index in [-0.39, 0.29) is 17.5 Å². The molecular weight excluding hydrogens is 397 g/mol. The van der Waals surface area contributed by atoms with Crippen molar-refractivity contribution in [2.45, 2.75) is 39.4 Å². The van der Waals surface area contributed by atoms with Crippen LogP contribution < -0.4 is 15.4 Å². The first kappa shape index (κ1) is 24.3. The van der Waals surface area contributed by atoms with E-state index in [1.165, 1.54) is 6.07 Å². The second-order valence-electron chi connectivity index (χ2n) is 8.04. The van der Waals surface area contributed by atoms with Crippen molar-refractivity contribution in [3.63, 3.8) is 0 Å². The van der Waals surface area contributed by atoms with Gasteiger partial charge in [0, 0.05) is 38.8 Å². The van der Waals surface area contributed by atoms with E-state index in [9.17, 15) is 18.0 Å². The van der Waals surface area contributed by atoms with Gasteiger partial charge in [-0.25, -0.2) is 4.79 Å². The fraction of sp³-hybridized carbons (Fsp3) is 0.667. The first-order valence-electron chi connectivity index (χ1n) is 10.4. The molecule has 0 aromatic heterocycles. The molecule has 170 valence electrons. The molecule has 1 aliphatic rings. The number of benzene rings is 1. The molecule has 0 bridgehead atoms. The molecule has 1 fully saturated rings. The molecule has 0 spiro atoms. The van der Waals surface area contributed by atoms with Gasteiger partial charge in [0.1, 0.15) is 5.75 Å². The average Bonchev–Trinajstić information content (AvgIpc) is 2.67. The van der Waals surface area contributed by atoms with Crippen LogP contribution in [-0.2, 0) is 6.18 Å². The van der Waals surface area contributed by atoms with E-state index in [1.807, 2.05) is 6.92 Å². The smallest absolute Gasteiger partial charge is 0.416 e. The van der Waals surface area contributed by atoms with Crippen molar-refractivity contribution in [3.05, 3.63) is 23.8 Å². The van der Waals surface area contributed by atoms with Crippen LogP contribution in [0.4, 0.5) is 23.7 Å². The fourth-order valence-corrected chi connectivity index (χ4v) is 3.45. The Bertz CT molecular complexity index is 689. The molecule has 30 heavy (non-hydrogen) atoms. The Morgan fingerprint density at radius 1 is 1.20 bits per heavy atom. The molecule has 9 heteroatoms. The van der Waals surface area contributed by atoms with Crippen LogP contribution in [0.3, 0.4) is 0 Å². The molecule has 1 unspecified atom stereocenters. The molecule has 2 rings (SSSR count). The molecule has 2 N–H and O–H groups in total. The van der Waals surface area contributed by atoms with Crippen LogP contribution in [0.25, 0.3) is 0 Å². The fourth-order valence-electron chi connectivity index (χ4n) is 3.45. The maximum Gasteiger partial charge on any atom is 0.416 e. The number of nitrogens with one attached hydrogen (secondary N) is 2. The van der Waals surface area contributed by atoms with E-state index in [1.54, 1.807) is 0 Å². The Labute approximate surface area is 176 Å². The lowest BCUT2D eigenvalue weighted by Crippen LogP contribution is -2.54.